The lowest BCUT2D eigenvalue weighted by Gasteiger charge is -2.00. The molecular weight excluding hydrogens is 287 g/mol. The van der Waals surface area contributed by atoms with E-state index in [2.05, 4.69) is 10.5 Å². The highest BCUT2D eigenvalue weighted by Crippen LogP contribution is 2.24. The molecule has 0 aliphatic heterocycles. The molecule has 4 nitrogen and oxygen atoms in total. The van der Waals surface area contributed by atoms with E-state index in [1.165, 1.54) is 12.5 Å². The fraction of sp³-hybridized carbons (Fsp3) is 0.0769. The largest absolute Gasteiger partial charge is 0.469 e. The average Bonchev–Trinajstić information content (AvgIpc) is 2.81. The number of carbonyl (C=O) groups excluding carboxylic acids is 1. The number of aryl methyl sites for hydroxylation is 1. The number of furan rings is 1. The summed E-state index contributed by atoms with van der Waals surface area (Å²) >= 11 is 11.8. The number of nitrogens with zero attached hydrogens (tertiary/aromatic N) is 1. The van der Waals surface area contributed by atoms with Crippen molar-refractivity contribution in [1.82, 2.24) is 5.43 Å². The van der Waals surface area contributed by atoms with Crippen LogP contribution in [0, 0.1) is 6.92 Å². The Bertz CT molecular complexity index is 635. The fourth-order valence-corrected chi connectivity index (χ4v) is 1.82. The summed E-state index contributed by atoms with van der Waals surface area (Å²) in [7, 11) is 0. The summed E-state index contributed by atoms with van der Waals surface area (Å²) in [5.74, 6) is 0.189. The van der Waals surface area contributed by atoms with Gasteiger partial charge in [0.15, 0.2) is 0 Å². The second-order valence-electron chi connectivity index (χ2n) is 3.73. The Balaban J connectivity index is 2.07. The maximum absolute atomic E-state index is 11.7. The topological polar surface area (TPSA) is 54.6 Å². The Morgan fingerprint density at radius 2 is 2.16 bits per heavy atom. The minimum Gasteiger partial charge on any atom is -0.469 e. The van der Waals surface area contributed by atoms with Gasteiger partial charge in [0.25, 0.3) is 5.91 Å². The number of amides is 1. The van der Waals surface area contributed by atoms with Gasteiger partial charge in [-0.05, 0) is 19.1 Å². The van der Waals surface area contributed by atoms with Gasteiger partial charge in [-0.2, -0.15) is 5.10 Å². The molecule has 1 aromatic heterocycles. The van der Waals surface area contributed by atoms with Gasteiger partial charge in [0.1, 0.15) is 5.76 Å². The van der Waals surface area contributed by atoms with Crippen LogP contribution in [0.4, 0.5) is 0 Å². The van der Waals surface area contributed by atoms with Gasteiger partial charge in [-0.15, -0.1) is 0 Å². The molecule has 0 aliphatic rings. The van der Waals surface area contributed by atoms with Crippen LogP contribution in [0.5, 0.6) is 0 Å². The molecule has 1 heterocycles. The summed E-state index contributed by atoms with van der Waals surface area (Å²) in [4.78, 5) is 11.7. The zero-order chi connectivity index (χ0) is 13.8. The van der Waals surface area contributed by atoms with Crippen LogP contribution in [0.3, 0.4) is 0 Å². The van der Waals surface area contributed by atoms with Gasteiger partial charge < -0.3 is 4.42 Å². The van der Waals surface area contributed by atoms with Crippen LogP contribution in [-0.2, 0) is 0 Å². The van der Waals surface area contributed by atoms with Crippen molar-refractivity contribution in [3.05, 3.63) is 57.5 Å². The van der Waals surface area contributed by atoms with E-state index in [-0.39, 0.29) is 5.91 Å². The predicted octanol–water partition coefficient (Wildman–Crippen LogP) is 3.66. The molecule has 0 fully saturated rings. The molecule has 2 rings (SSSR count). The first-order valence-electron chi connectivity index (χ1n) is 5.41. The second-order valence-corrected chi connectivity index (χ2v) is 4.52. The van der Waals surface area contributed by atoms with Crippen LogP contribution < -0.4 is 5.43 Å². The van der Waals surface area contributed by atoms with Crippen LogP contribution in [-0.4, -0.2) is 12.1 Å². The zero-order valence-electron chi connectivity index (χ0n) is 9.98. The average molecular weight is 297 g/mol. The lowest BCUT2D eigenvalue weighted by molar-refractivity contribution is 0.0953. The summed E-state index contributed by atoms with van der Waals surface area (Å²) in [6, 6.07) is 6.74. The quantitative estimate of drug-likeness (QED) is 0.694. The van der Waals surface area contributed by atoms with Crippen molar-refractivity contribution in [2.24, 2.45) is 5.10 Å². The summed E-state index contributed by atoms with van der Waals surface area (Å²) in [6.07, 6.45) is 2.88. The van der Waals surface area contributed by atoms with Crippen LogP contribution >= 0.6 is 23.2 Å². The van der Waals surface area contributed by atoms with E-state index in [4.69, 9.17) is 27.6 Å². The Labute approximate surface area is 120 Å². The van der Waals surface area contributed by atoms with Crippen LogP contribution in [0.25, 0.3) is 0 Å². The number of benzene rings is 1. The van der Waals surface area contributed by atoms with Crippen molar-refractivity contribution in [3.63, 3.8) is 0 Å². The number of halogens is 2. The number of hydrogen-bond donors (Lipinski definition) is 1. The first-order valence-corrected chi connectivity index (χ1v) is 6.16. The van der Waals surface area contributed by atoms with E-state index in [1.54, 1.807) is 31.2 Å². The van der Waals surface area contributed by atoms with Gasteiger partial charge in [-0.25, -0.2) is 5.43 Å². The SMILES string of the molecule is Cc1occc1C(=O)NN=Cc1cccc(Cl)c1Cl. The molecule has 6 heteroatoms. The Hall–Kier alpha value is -1.78. The molecule has 0 saturated carbocycles. The number of nitrogens with one attached hydrogen (secondary N) is 1. The lowest BCUT2D eigenvalue weighted by atomic mass is 10.2. The monoisotopic (exact) mass is 296 g/mol. The van der Waals surface area contributed by atoms with E-state index in [0.717, 1.165) is 0 Å². The van der Waals surface area contributed by atoms with Crippen molar-refractivity contribution >= 4 is 35.3 Å². The molecule has 1 amide bonds. The van der Waals surface area contributed by atoms with Gasteiger partial charge in [0, 0.05) is 5.56 Å². The number of rotatable bonds is 3. The molecule has 0 bridgehead atoms. The smallest absolute Gasteiger partial charge is 0.274 e. The Morgan fingerprint density at radius 1 is 1.37 bits per heavy atom. The van der Waals surface area contributed by atoms with E-state index in [0.29, 0.717) is 26.9 Å². The number of hydrogen-bond acceptors (Lipinski definition) is 3. The van der Waals surface area contributed by atoms with Crippen LogP contribution in [0.15, 0.2) is 40.0 Å². The highest BCUT2D eigenvalue weighted by atomic mass is 35.5. The molecule has 0 unspecified atom stereocenters. The molecule has 1 aromatic carbocycles. The third-order valence-electron chi connectivity index (χ3n) is 2.45. The fourth-order valence-electron chi connectivity index (χ4n) is 1.46. The van der Waals surface area contributed by atoms with Crippen molar-refractivity contribution in [2.75, 3.05) is 0 Å². The standard InChI is InChI=1S/C13H10Cl2N2O2/c1-8-10(5-6-19-8)13(18)17-16-7-9-3-2-4-11(14)12(9)15/h2-7H,1H3,(H,17,18). The third-order valence-corrected chi connectivity index (χ3v) is 3.29. The summed E-state index contributed by atoms with van der Waals surface area (Å²) in [6.45, 7) is 1.70. The minimum absolute atomic E-state index is 0.347. The number of carbonyl (C=O) groups is 1. The molecule has 19 heavy (non-hydrogen) atoms. The number of hydrazone groups is 1. The van der Waals surface area contributed by atoms with Crippen LogP contribution in [0.2, 0.25) is 10.0 Å². The van der Waals surface area contributed by atoms with E-state index < -0.39 is 0 Å². The molecular formula is C13H10Cl2N2O2. The molecule has 0 saturated heterocycles. The molecule has 0 aliphatic carbocycles. The van der Waals surface area contributed by atoms with Gasteiger partial charge in [0.2, 0.25) is 0 Å². The van der Waals surface area contributed by atoms with Crippen molar-refractivity contribution in [1.29, 1.82) is 0 Å². The summed E-state index contributed by atoms with van der Waals surface area (Å²) in [5.41, 5.74) is 3.45. The highest BCUT2D eigenvalue weighted by Gasteiger charge is 2.10. The molecule has 0 atom stereocenters. The Kier molecular flexibility index (Phi) is 4.24. The van der Waals surface area contributed by atoms with E-state index in [9.17, 15) is 4.79 Å². The van der Waals surface area contributed by atoms with E-state index in [1.807, 2.05) is 0 Å². The lowest BCUT2D eigenvalue weighted by Crippen LogP contribution is -2.17. The first-order chi connectivity index (χ1) is 9.09. The van der Waals surface area contributed by atoms with E-state index >= 15 is 0 Å². The first kappa shape index (κ1) is 13.6. The highest BCUT2D eigenvalue weighted by molar-refractivity contribution is 6.43. The van der Waals surface area contributed by atoms with Crippen molar-refractivity contribution < 1.29 is 9.21 Å². The second kappa shape index (κ2) is 5.91. The van der Waals surface area contributed by atoms with Gasteiger partial charge in [-0.1, -0.05) is 35.3 Å². The zero-order valence-corrected chi connectivity index (χ0v) is 11.5. The van der Waals surface area contributed by atoms with Gasteiger partial charge >= 0.3 is 0 Å². The maximum Gasteiger partial charge on any atom is 0.274 e. The van der Waals surface area contributed by atoms with Crippen LogP contribution in [0.1, 0.15) is 21.7 Å². The third kappa shape index (κ3) is 3.16. The van der Waals surface area contributed by atoms with Gasteiger partial charge in [0.05, 0.1) is 28.1 Å². The summed E-state index contributed by atoms with van der Waals surface area (Å²) in [5, 5.41) is 4.65. The molecule has 0 radical (unpaired) electrons. The Morgan fingerprint density at radius 3 is 2.84 bits per heavy atom. The molecule has 2 aromatic rings. The normalized spacial score (nSPS) is 10.9. The maximum atomic E-state index is 11.7. The molecule has 98 valence electrons. The molecule has 0 spiro atoms. The predicted molar refractivity (Wildman–Crippen MR) is 75.0 cm³/mol. The summed E-state index contributed by atoms with van der Waals surface area (Å²) < 4.78 is 5.03. The minimum atomic E-state index is -0.347. The molecule has 1 N–H and O–H groups in total. The van der Waals surface area contributed by atoms with Gasteiger partial charge in [-0.3, -0.25) is 4.79 Å². The van der Waals surface area contributed by atoms with Crippen molar-refractivity contribution in [2.45, 2.75) is 6.92 Å². The van der Waals surface area contributed by atoms with Crippen molar-refractivity contribution in [3.8, 4) is 0 Å².